The van der Waals surface area contributed by atoms with Gasteiger partial charge in [0.15, 0.2) is 0 Å². The maximum absolute atomic E-state index is 12.8. The van der Waals surface area contributed by atoms with Crippen molar-refractivity contribution in [3.63, 3.8) is 0 Å². The zero-order valence-corrected chi connectivity index (χ0v) is 15.1. The summed E-state index contributed by atoms with van der Waals surface area (Å²) in [7, 11) is 0. The molecular weight excluding hydrogens is 336 g/mol. The van der Waals surface area contributed by atoms with Gasteiger partial charge in [0.1, 0.15) is 0 Å². The quantitative estimate of drug-likeness (QED) is 0.912. The van der Waals surface area contributed by atoms with E-state index in [4.69, 9.17) is 11.6 Å². The molecule has 1 aliphatic rings. The van der Waals surface area contributed by atoms with E-state index < -0.39 is 0 Å². The minimum absolute atomic E-state index is 0.0144. The molecule has 0 aliphatic carbocycles. The highest BCUT2D eigenvalue weighted by Gasteiger charge is 2.27. The number of nitrogens with one attached hydrogen (secondary N) is 1. The second-order valence-corrected chi connectivity index (χ2v) is 6.86. The van der Waals surface area contributed by atoms with E-state index in [1.54, 1.807) is 4.90 Å². The van der Waals surface area contributed by atoms with E-state index in [0.29, 0.717) is 23.7 Å². The molecule has 2 amide bonds. The topological polar surface area (TPSA) is 49.4 Å². The van der Waals surface area contributed by atoms with Crippen LogP contribution in [-0.4, -0.2) is 35.8 Å². The predicted molar refractivity (Wildman–Crippen MR) is 99.8 cm³/mol. The molecule has 130 valence electrons. The Morgan fingerprint density at radius 3 is 2.68 bits per heavy atom. The van der Waals surface area contributed by atoms with E-state index in [1.165, 1.54) is 6.92 Å². The molecule has 1 atom stereocenters. The first-order chi connectivity index (χ1) is 12.0. The SMILES string of the molecule is CC(=O)N[C@H]1CCN(C(=O)c2cccc(-c3c(C)cccc3Cl)c2)C1. The number of carbonyl (C=O) groups excluding carboxylic acids is 2. The van der Waals surface area contributed by atoms with E-state index in [9.17, 15) is 9.59 Å². The van der Waals surface area contributed by atoms with Crippen molar-refractivity contribution < 1.29 is 9.59 Å². The summed E-state index contributed by atoms with van der Waals surface area (Å²) < 4.78 is 0. The van der Waals surface area contributed by atoms with Crippen molar-refractivity contribution in [2.45, 2.75) is 26.3 Å². The first-order valence-corrected chi connectivity index (χ1v) is 8.75. The first kappa shape index (κ1) is 17.5. The number of aryl methyl sites for hydroxylation is 1. The molecule has 3 rings (SSSR count). The van der Waals surface area contributed by atoms with Gasteiger partial charge >= 0.3 is 0 Å². The third-order valence-electron chi connectivity index (χ3n) is 4.50. The fourth-order valence-corrected chi connectivity index (χ4v) is 3.67. The van der Waals surface area contributed by atoms with E-state index in [2.05, 4.69) is 5.32 Å². The van der Waals surface area contributed by atoms with Crippen LogP contribution < -0.4 is 5.32 Å². The fraction of sp³-hybridized carbons (Fsp3) is 0.300. The Bertz CT molecular complexity index is 799. The molecule has 0 saturated carbocycles. The zero-order chi connectivity index (χ0) is 18.0. The van der Waals surface area contributed by atoms with Crippen LogP contribution in [0, 0.1) is 6.92 Å². The van der Waals surface area contributed by atoms with Gasteiger partial charge in [0.2, 0.25) is 5.91 Å². The lowest BCUT2D eigenvalue weighted by Crippen LogP contribution is -2.37. The van der Waals surface area contributed by atoms with Gasteiger partial charge < -0.3 is 10.2 Å². The summed E-state index contributed by atoms with van der Waals surface area (Å²) in [5.74, 6) is -0.0742. The molecule has 0 radical (unpaired) electrons. The Kier molecular flexibility index (Phi) is 5.09. The van der Waals surface area contributed by atoms with Gasteiger partial charge in [0.25, 0.3) is 5.91 Å². The lowest BCUT2D eigenvalue weighted by molar-refractivity contribution is -0.119. The lowest BCUT2D eigenvalue weighted by Gasteiger charge is -2.18. The Morgan fingerprint density at radius 2 is 1.96 bits per heavy atom. The van der Waals surface area contributed by atoms with Gasteiger partial charge in [-0.05, 0) is 42.7 Å². The van der Waals surface area contributed by atoms with Gasteiger partial charge in [-0.3, -0.25) is 9.59 Å². The highest BCUT2D eigenvalue weighted by Crippen LogP contribution is 2.31. The molecule has 1 saturated heterocycles. The monoisotopic (exact) mass is 356 g/mol. The van der Waals surface area contributed by atoms with Crippen molar-refractivity contribution in [2.75, 3.05) is 13.1 Å². The molecule has 0 bridgehead atoms. The molecular formula is C20H21ClN2O2. The average molecular weight is 357 g/mol. The smallest absolute Gasteiger partial charge is 0.253 e. The van der Waals surface area contributed by atoms with Gasteiger partial charge in [-0.2, -0.15) is 0 Å². The van der Waals surface area contributed by atoms with Crippen LogP contribution >= 0.6 is 11.6 Å². The van der Waals surface area contributed by atoms with Crippen LogP contribution in [0.25, 0.3) is 11.1 Å². The maximum atomic E-state index is 12.8. The number of benzene rings is 2. The molecule has 5 heteroatoms. The molecule has 1 heterocycles. The summed E-state index contributed by atoms with van der Waals surface area (Å²) >= 11 is 6.36. The second-order valence-electron chi connectivity index (χ2n) is 6.45. The molecule has 4 nitrogen and oxygen atoms in total. The number of halogens is 1. The summed E-state index contributed by atoms with van der Waals surface area (Å²) in [6.07, 6.45) is 0.786. The van der Waals surface area contributed by atoms with Gasteiger partial charge in [0.05, 0.1) is 0 Å². The summed E-state index contributed by atoms with van der Waals surface area (Å²) in [4.78, 5) is 25.8. The van der Waals surface area contributed by atoms with Gasteiger partial charge in [0, 0.05) is 42.2 Å². The van der Waals surface area contributed by atoms with Crippen molar-refractivity contribution in [3.05, 3.63) is 58.6 Å². The van der Waals surface area contributed by atoms with Crippen molar-refractivity contribution in [1.29, 1.82) is 0 Å². The second kappa shape index (κ2) is 7.28. The van der Waals surface area contributed by atoms with Crippen LogP contribution in [0.15, 0.2) is 42.5 Å². The van der Waals surface area contributed by atoms with E-state index in [0.717, 1.165) is 23.1 Å². The Morgan fingerprint density at radius 1 is 1.20 bits per heavy atom. The highest BCUT2D eigenvalue weighted by atomic mass is 35.5. The minimum Gasteiger partial charge on any atom is -0.352 e. The maximum Gasteiger partial charge on any atom is 0.253 e. The third-order valence-corrected chi connectivity index (χ3v) is 4.82. The number of amides is 2. The molecule has 1 N–H and O–H groups in total. The highest BCUT2D eigenvalue weighted by molar-refractivity contribution is 6.33. The van der Waals surface area contributed by atoms with Crippen LogP contribution in [0.3, 0.4) is 0 Å². The number of rotatable bonds is 3. The summed E-state index contributed by atoms with van der Waals surface area (Å²) in [6.45, 7) is 4.71. The van der Waals surface area contributed by atoms with E-state index in [-0.39, 0.29) is 17.9 Å². The Balaban J connectivity index is 1.82. The number of hydrogen-bond acceptors (Lipinski definition) is 2. The molecule has 1 aliphatic heterocycles. The summed E-state index contributed by atoms with van der Waals surface area (Å²) in [6, 6.07) is 13.4. The third kappa shape index (κ3) is 3.85. The molecule has 0 unspecified atom stereocenters. The molecule has 2 aromatic rings. The summed E-state index contributed by atoms with van der Waals surface area (Å²) in [5.41, 5.74) is 3.60. The predicted octanol–water partition coefficient (Wildman–Crippen LogP) is 3.67. The largest absolute Gasteiger partial charge is 0.352 e. The average Bonchev–Trinajstić information content (AvgIpc) is 3.02. The van der Waals surface area contributed by atoms with E-state index in [1.807, 2.05) is 49.4 Å². The summed E-state index contributed by atoms with van der Waals surface area (Å²) in [5, 5.41) is 3.56. The van der Waals surface area contributed by atoms with E-state index >= 15 is 0 Å². The zero-order valence-electron chi connectivity index (χ0n) is 14.4. The van der Waals surface area contributed by atoms with Crippen LogP contribution in [0.2, 0.25) is 5.02 Å². The number of hydrogen-bond donors (Lipinski definition) is 1. The van der Waals surface area contributed by atoms with Crippen LogP contribution in [0.4, 0.5) is 0 Å². The van der Waals surface area contributed by atoms with Crippen molar-refractivity contribution in [3.8, 4) is 11.1 Å². The van der Waals surface area contributed by atoms with Gasteiger partial charge in [-0.1, -0.05) is 35.9 Å². The van der Waals surface area contributed by atoms with Crippen molar-refractivity contribution in [2.24, 2.45) is 0 Å². The Labute approximate surface area is 152 Å². The Hall–Kier alpha value is -2.33. The van der Waals surface area contributed by atoms with Gasteiger partial charge in [-0.25, -0.2) is 0 Å². The molecule has 2 aromatic carbocycles. The van der Waals surface area contributed by atoms with Crippen LogP contribution in [0.1, 0.15) is 29.3 Å². The first-order valence-electron chi connectivity index (χ1n) is 8.37. The molecule has 0 spiro atoms. The van der Waals surface area contributed by atoms with Crippen LogP contribution in [-0.2, 0) is 4.79 Å². The number of likely N-dealkylation sites (tertiary alicyclic amines) is 1. The van der Waals surface area contributed by atoms with Crippen LogP contribution in [0.5, 0.6) is 0 Å². The van der Waals surface area contributed by atoms with Crippen molar-refractivity contribution in [1.82, 2.24) is 10.2 Å². The van der Waals surface area contributed by atoms with Crippen molar-refractivity contribution >= 4 is 23.4 Å². The fourth-order valence-electron chi connectivity index (χ4n) is 3.34. The number of nitrogens with zero attached hydrogens (tertiary/aromatic N) is 1. The lowest BCUT2D eigenvalue weighted by atomic mass is 9.98. The molecule has 1 fully saturated rings. The molecule has 25 heavy (non-hydrogen) atoms. The minimum atomic E-state index is -0.0597. The molecule has 0 aromatic heterocycles. The van der Waals surface area contributed by atoms with Gasteiger partial charge in [-0.15, -0.1) is 0 Å². The normalized spacial score (nSPS) is 16.8. The number of carbonyl (C=O) groups is 2. The standard InChI is InChI=1S/C20H21ClN2O2/c1-13-5-3-8-18(21)19(13)15-6-4-7-16(11-15)20(25)23-10-9-17(12-23)22-14(2)24/h3-8,11,17H,9-10,12H2,1-2H3,(H,22,24)/t17-/m0/s1.